The molecule has 5 rings (SSSR count). The van der Waals surface area contributed by atoms with E-state index in [1.807, 2.05) is 0 Å². The second kappa shape index (κ2) is 12.4. The first-order valence-corrected chi connectivity index (χ1v) is 14.0. The Bertz CT molecular complexity index is 1070. The van der Waals surface area contributed by atoms with Crippen molar-refractivity contribution in [3.05, 3.63) is 11.9 Å². The first kappa shape index (κ1) is 28.8. The lowest BCUT2D eigenvalue weighted by molar-refractivity contribution is -0.223. The Hall–Kier alpha value is -2.69. The molecule has 1 saturated carbocycles. The molecule has 3 aliphatic heterocycles. The van der Waals surface area contributed by atoms with E-state index in [0.717, 1.165) is 25.7 Å². The molecule has 1 aliphatic carbocycles. The fourth-order valence-corrected chi connectivity index (χ4v) is 6.11. The quantitative estimate of drug-likeness (QED) is 0.225. The fourth-order valence-electron chi connectivity index (χ4n) is 6.11. The summed E-state index contributed by atoms with van der Waals surface area (Å²) in [5.41, 5.74) is 0.612. The zero-order valence-electron chi connectivity index (χ0n) is 22.6. The highest BCUT2D eigenvalue weighted by Gasteiger charge is 2.49. The molecule has 7 atom stereocenters. The first-order valence-electron chi connectivity index (χ1n) is 14.0. The minimum Gasteiger partial charge on any atom is -0.388 e. The van der Waals surface area contributed by atoms with Gasteiger partial charge in [-0.25, -0.2) is 4.68 Å². The number of methoxy groups -OCH3 is 1. The number of aliphatic hydroxyl groups is 3. The van der Waals surface area contributed by atoms with E-state index >= 15 is 0 Å². The minimum absolute atomic E-state index is 0.161. The maximum absolute atomic E-state index is 13.7. The van der Waals surface area contributed by atoms with Gasteiger partial charge in [0, 0.05) is 45.8 Å². The van der Waals surface area contributed by atoms with Crippen LogP contribution >= 0.6 is 0 Å². The zero-order valence-corrected chi connectivity index (χ0v) is 22.6. The second-order valence-corrected chi connectivity index (χ2v) is 11.1. The van der Waals surface area contributed by atoms with E-state index in [4.69, 9.17) is 9.47 Å². The molecule has 2 bridgehead atoms. The summed E-state index contributed by atoms with van der Waals surface area (Å²) in [6, 6.07) is -0.845. The van der Waals surface area contributed by atoms with Crippen LogP contribution < -0.4 is 10.6 Å². The highest BCUT2D eigenvalue weighted by Crippen LogP contribution is 2.29. The van der Waals surface area contributed by atoms with E-state index in [9.17, 15) is 29.7 Å². The molecule has 1 aromatic heterocycles. The van der Waals surface area contributed by atoms with E-state index in [-0.39, 0.29) is 45.2 Å². The van der Waals surface area contributed by atoms with Gasteiger partial charge in [0.15, 0.2) is 6.10 Å². The number of carbonyl (C=O) groups is 3. The van der Waals surface area contributed by atoms with Crippen molar-refractivity contribution >= 4 is 17.7 Å². The summed E-state index contributed by atoms with van der Waals surface area (Å²) < 4.78 is 12.5. The number of nitrogens with one attached hydrogen (secondary N) is 2. The Morgan fingerprint density at radius 2 is 1.93 bits per heavy atom. The van der Waals surface area contributed by atoms with Crippen molar-refractivity contribution in [1.82, 2.24) is 35.4 Å². The number of fused-ring (bicyclic) bond motifs is 3. The molecule has 222 valence electrons. The summed E-state index contributed by atoms with van der Waals surface area (Å²) in [5.74, 6) is -1.55. The van der Waals surface area contributed by atoms with Crippen molar-refractivity contribution in [1.29, 1.82) is 0 Å². The highest BCUT2D eigenvalue weighted by atomic mass is 16.5. The van der Waals surface area contributed by atoms with Gasteiger partial charge in [0.25, 0.3) is 5.91 Å². The molecule has 0 radical (unpaired) electrons. The van der Waals surface area contributed by atoms with Crippen molar-refractivity contribution < 1.29 is 39.2 Å². The number of nitrogens with zero attached hydrogens (tertiary/aromatic N) is 5. The predicted molar refractivity (Wildman–Crippen MR) is 136 cm³/mol. The molecule has 15 heteroatoms. The molecular formula is C25H39N7O8. The normalized spacial score (nSPS) is 34.0. The largest absolute Gasteiger partial charge is 0.388 e. The predicted octanol–water partition coefficient (Wildman–Crippen LogP) is -3.09. The van der Waals surface area contributed by atoms with Crippen molar-refractivity contribution in [2.45, 2.75) is 87.4 Å². The molecule has 4 fully saturated rings. The molecular weight excluding hydrogens is 526 g/mol. The van der Waals surface area contributed by atoms with Crippen LogP contribution in [-0.2, 0) is 30.5 Å². The van der Waals surface area contributed by atoms with Crippen LogP contribution in [0.2, 0.25) is 0 Å². The number of ether oxygens (including phenoxy) is 2. The molecule has 3 amide bonds. The van der Waals surface area contributed by atoms with Crippen LogP contribution in [-0.4, -0.2) is 140 Å². The van der Waals surface area contributed by atoms with Crippen molar-refractivity contribution in [2.75, 3.05) is 39.8 Å². The molecule has 4 aliphatic rings. The topological polar surface area (TPSA) is 192 Å². The van der Waals surface area contributed by atoms with Gasteiger partial charge < -0.3 is 45.2 Å². The lowest BCUT2D eigenvalue weighted by Gasteiger charge is -2.42. The lowest BCUT2D eigenvalue weighted by Crippen LogP contribution is -2.65. The van der Waals surface area contributed by atoms with Gasteiger partial charge in [0.05, 0.1) is 25.4 Å². The molecule has 3 saturated heterocycles. The molecule has 0 unspecified atom stereocenters. The van der Waals surface area contributed by atoms with Gasteiger partial charge in [-0.2, -0.15) is 0 Å². The van der Waals surface area contributed by atoms with E-state index in [2.05, 4.69) is 20.9 Å². The third-order valence-electron chi connectivity index (χ3n) is 8.37. The van der Waals surface area contributed by atoms with Gasteiger partial charge in [-0.1, -0.05) is 18.1 Å². The number of aliphatic hydroxyl groups excluding tert-OH is 3. The second-order valence-electron chi connectivity index (χ2n) is 11.1. The van der Waals surface area contributed by atoms with Gasteiger partial charge in [0.2, 0.25) is 11.8 Å². The van der Waals surface area contributed by atoms with E-state index in [0.29, 0.717) is 18.3 Å². The van der Waals surface area contributed by atoms with Gasteiger partial charge in [-0.05, 0) is 12.8 Å². The third kappa shape index (κ3) is 5.99. The van der Waals surface area contributed by atoms with E-state index < -0.39 is 54.3 Å². The number of aromatic nitrogens is 3. The average Bonchev–Trinajstić information content (AvgIpc) is 3.71. The summed E-state index contributed by atoms with van der Waals surface area (Å²) in [6.07, 6.45) is -1.18. The summed E-state index contributed by atoms with van der Waals surface area (Å²) in [5, 5.41) is 45.9. The molecule has 5 N–H and O–H groups in total. The van der Waals surface area contributed by atoms with Crippen molar-refractivity contribution in [3.8, 4) is 0 Å². The molecule has 15 nitrogen and oxygen atoms in total. The van der Waals surface area contributed by atoms with Crippen molar-refractivity contribution in [3.63, 3.8) is 0 Å². The maximum Gasteiger partial charge on any atom is 0.255 e. The van der Waals surface area contributed by atoms with Crippen molar-refractivity contribution in [2.24, 2.45) is 0 Å². The summed E-state index contributed by atoms with van der Waals surface area (Å²) in [4.78, 5) is 43.4. The Morgan fingerprint density at radius 3 is 2.67 bits per heavy atom. The SMILES string of the molecule is COCc1cn([C@H]2C[C@H]3C(=O)NC[C@@H]4O[C@H](C(=O)N(CCNC5CCCC5)CC(=O)N3C2)[C@H](O)[C@H](O)[C@H]4O)nn1. The molecule has 0 spiro atoms. The first-order chi connectivity index (χ1) is 19.3. The van der Waals surface area contributed by atoms with Gasteiger partial charge in [-0.3, -0.25) is 14.4 Å². The van der Waals surface area contributed by atoms with Gasteiger partial charge in [0.1, 0.15) is 36.2 Å². The molecule has 40 heavy (non-hydrogen) atoms. The fraction of sp³-hybridized carbons (Fsp3) is 0.800. The molecule has 1 aromatic rings. The summed E-state index contributed by atoms with van der Waals surface area (Å²) in [7, 11) is 1.55. The van der Waals surface area contributed by atoms with Crippen LogP contribution in [0.5, 0.6) is 0 Å². The van der Waals surface area contributed by atoms with Crippen LogP contribution in [0.15, 0.2) is 6.20 Å². The maximum atomic E-state index is 13.7. The van der Waals surface area contributed by atoms with E-state index in [1.54, 1.807) is 18.0 Å². The Kier molecular flexibility index (Phi) is 8.97. The van der Waals surface area contributed by atoms with E-state index in [1.165, 1.54) is 9.80 Å². The number of hydrogen-bond donors (Lipinski definition) is 5. The monoisotopic (exact) mass is 565 g/mol. The Morgan fingerprint density at radius 1 is 1.15 bits per heavy atom. The zero-order chi connectivity index (χ0) is 28.4. The van der Waals surface area contributed by atoms with Crippen LogP contribution in [0.3, 0.4) is 0 Å². The summed E-state index contributed by atoms with van der Waals surface area (Å²) >= 11 is 0. The highest BCUT2D eigenvalue weighted by molar-refractivity contribution is 5.92. The van der Waals surface area contributed by atoms with Crippen LogP contribution in [0.4, 0.5) is 0 Å². The van der Waals surface area contributed by atoms with Crippen LogP contribution in [0, 0.1) is 0 Å². The average molecular weight is 566 g/mol. The van der Waals surface area contributed by atoms with Crippen LogP contribution in [0.1, 0.15) is 43.8 Å². The Labute approximate surface area is 231 Å². The number of hydrogen-bond acceptors (Lipinski definition) is 11. The van der Waals surface area contributed by atoms with Gasteiger partial charge >= 0.3 is 0 Å². The smallest absolute Gasteiger partial charge is 0.255 e. The number of amides is 3. The third-order valence-corrected chi connectivity index (χ3v) is 8.37. The Balaban J connectivity index is 1.39. The van der Waals surface area contributed by atoms with Crippen LogP contribution in [0.25, 0.3) is 0 Å². The van der Waals surface area contributed by atoms with Gasteiger partial charge in [-0.15, -0.1) is 5.10 Å². The number of carbonyl (C=O) groups excluding carboxylic acids is 3. The standard InChI is InChI=1S/C25H39N7O8/c1-39-13-15-10-32(29-28-15)16-8-17-24(37)27-9-18-20(34)21(35)22(36)23(40-18)25(38)30(12-19(33)31(17)11-16)7-6-26-14-4-2-3-5-14/h10,14,16-18,20-23,26,34-36H,2-9,11-13H2,1H3,(H,27,37)/t16-,17-,18-,20-,21+,22+,23-/m0/s1. The lowest BCUT2D eigenvalue weighted by atomic mass is 9.93. The summed E-state index contributed by atoms with van der Waals surface area (Å²) in [6.45, 7) is 0.477. The minimum atomic E-state index is -1.70. The number of rotatable bonds is 7. The molecule has 4 heterocycles. The molecule has 0 aromatic carbocycles.